The standard InChI is InChI=1S/C14H13ClN2O2/c1-10(12-3-2-4-13(15)9-12)16-14(18)11-5-7-17(19)8-6-11/h2-10H,1H3,(H,16,18)/t10-/m0/s1. The van der Waals surface area contributed by atoms with Gasteiger partial charge in [-0.3, -0.25) is 4.79 Å². The summed E-state index contributed by atoms with van der Waals surface area (Å²) in [5.74, 6) is -0.229. The molecule has 0 aliphatic heterocycles. The van der Waals surface area contributed by atoms with Crippen molar-refractivity contribution in [3.05, 3.63) is 70.1 Å². The number of amides is 1. The summed E-state index contributed by atoms with van der Waals surface area (Å²) in [6.07, 6.45) is 2.58. The lowest BCUT2D eigenvalue weighted by Gasteiger charge is -2.14. The second-order valence-corrected chi connectivity index (χ2v) is 4.63. The summed E-state index contributed by atoms with van der Waals surface area (Å²) in [6.45, 7) is 1.88. The maximum absolute atomic E-state index is 12.0. The molecule has 2 aromatic rings. The maximum atomic E-state index is 12.0. The topological polar surface area (TPSA) is 56.0 Å². The van der Waals surface area contributed by atoms with Gasteiger partial charge < -0.3 is 10.5 Å². The first kappa shape index (κ1) is 13.4. The molecule has 0 saturated heterocycles. The second-order valence-electron chi connectivity index (χ2n) is 4.20. The highest BCUT2D eigenvalue weighted by Crippen LogP contribution is 2.17. The van der Waals surface area contributed by atoms with Crippen molar-refractivity contribution in [3.63, 3.8) is 0 Å². The van der Waals surface area contributed by atoms with E-state index in [0.29, 0.717) is 15.3 Å². The van der Waals surface area contributed by atoms with E-state index in [1.54, 1.807) is 6.07 Å². The zero-order valence-electron chi connectivity index (χ0n) is 10.3. The molecule has 1 N–H and O–H groups in total. The quantitative estimate of drug-likeness (QED) is 0.692. The highest BCUT2D eigenvalue weighted by molar-refractivity contribution is 6.30. The van der Waals surface area contributed by atoms with Gasteiger partial charge in [-0.1, -0.05) is 23.7 Å². The molecule has 1 atom stereocenters. The Kier molecular flexibility index (Phi) is 4.02. The Morgan fingerprint density at radius 3 is 2.63 bits per heavy atom. The van der Waals surface area contributed by atoms with Gasteiger partial charge in [0, 0.05) is 17.2 Å². The predicted molar refractivity (Wildman–Crippen MR) is 72.7 cm³/mol. The largest absolute Gasteiger partial charge is 0.619 e. The van der Waals surface area contributed by atoms with Crippen molar-refractivity contribution < 1.29 is 9.52 Å². The third-order valence-electron chi connectivity index (χ3n) is 2.76. The van der Waals surface area contributed by atoms with Gasteiger partial charge in [0.25, 0.3) is 5.91 Å². The average Bonchev–Trinajstić information content (AvgIpc) is 2.39. The van der Waals surface area contributed by atoms with Gasteiger partial charge in [0.1, 0.15) is 0 Å². The monoisotopic (exact) mass is 276 g/mol. The van der Waals surface area contributed by atoms with E-state index >= 15 is 0 Å². The van der Waals surface area contributed by atoms with E-state index < -0.39 is 0 Å². The molecule has 5 heteroatoms. The molecule has 19 heavy (non-hydrogen) atoms. The van der Waals surface area contributed by atoms with Gasteiger partial charge in [-0.25, -0.2) is 0 Å². The van der Waals surface area contributed by atoms with Crippen LogP contribution in [0.4, 0.5) is 0 Å². The van der Waals surface area contributed by atoms with Crippen LogP contribution in [0.25, 0.3) is 0 Å². The molecular formula is C14H13ClN2O2. The fourth-order valence-corrected chi connectivity index (χ4v) is 1.90. The van der Waals surface area contributed by atoms with Gasteiger partial charge in [0.2, 0.25) is 0 Å². The molecular weight excluding hydrogens is 264 g/mol. The van der Waals surface area contributed by atoms with E-state index in [1.165, 1.54) is 24.5 Å². The fraction of sp³-hybridized carbons (Fsp3) is 0.143. The van der Waals surface area contributed by atoms with Crippen LogP contribution in [0.2, 0.25) is 5.02 Å². The van der Waals surface area contributed by atoms with Crippen LogP contribution < -0.4 is 10.0 Å². The highest BCUT2D eigenvalue weighted by Gasteiger charge is 2.12. The Labute approximate surface area is 116 Å². The summed E-state index contributed by atoms with van der Waals surface area (Å²) < 4.78 is 0.636. The van der Waals surface area contributed by atoms with Crippen molar-refractivity contribution >= 4 is 17.5 Å². The lowest BCUT2D eigenvalue weighted by atomic mass is 10.1. The van der Waals surface area contributed by atoms with Crippen molar-refractivity contribution in [1.82, 2.24) is 5.32 Å². The summed E-state index contributed by atoms with van der Waals surface area (Å²) >= 11 is 5.91. The van der Waals surface area contributed by atoms with Crippen LogP contribution in [0.15, 0.2) is 48.8 Å². The second kappa shape index (κ2) is 5.71. The van der Waals surface area contributed by atoms with Gasteiger partial charge in [-0.05, 0) is 24.6 Å². The molecule has 0 unspecified atom stereocenters. The number of nitrogens with one attached hydrogen (secondary N) is 1. The minimum Gasteiger partial charge on any atom is -0.619 e. The molecule has 98 valence electrons. The molecule has 2 rings (SSSR count). The number of aromatic nitrogens is 1. The number of nitrogens with zero attached hydrogens (tertiary/aromatic N) is 1. The van der Waals surface area contributed by atoms with Crippen LogP contribution in [0.3, 0.4) is 0 Å². The van der Waals surface area contributed by atoms with E-state index in [4.69, 9.17) is 11.6 Å². The van der Waals surface area contributed by atoms with Crippen LogP contribution in [-0.2, 0) is 0 Å². The van der Waals surface area contributed by atoms with Crippen molar-refractivity contribution in [2.75, 3.05) is 0 Å². The smallest absolute Gasteiger partial charge is 0.252 e. The number of carbonyl (C=O) groups is 1. The SMILES string of the molecule is C[C@H](NC(=O)c1cc[n+]([O-])cc1)c1cccc(Cl)c1. The van der Waals surface area contributed by atoms with E-state index in [0.717, 1.165) is 5.56 Å². The molecule has 4 nitrogen and oxygen atoms in total. The molecule has 0 aliphatic rings. The molecule has 1 aromatic carbocycles. The van der Waals surface area contributed by atoms with Crippen molar-refractivity contribution in [1.29, 1.82) is 0 Å². The van der Waals surface area contributed by atoms with Gasteiger partial charge in [-0.15, -0.1) is 0 Å². The van der Waals surface area contributed by atoms with Crippen LogP contribution in [0.1, 0.15) is 28.9 Å². The molecule has 1 heterocycles. The van der Waals surface area contributed by atoms with Crippen LogP contribution in [0.5, 0.6) is 0 Å². The minimum atomic E-state index is -0.229. The average molecular weight is 277 g/mol. The third-order valence-corrected chi connectivity index (χ3v) is 3.00. The molecule has 0 saturated carbocycles. The Morgan fingerprint density at radius 2 is 2.00 bits per heavy atom. The fourth-order valence-electron chi connectivity index (χ4n) is 1.70. The maximum Gasteiger partial charge on any atom is 0.252 e. The Bertz CT molecular complexity index is 584. The summed E-state index contributed by atoms with van der Waals surface area (Å²) in [5, 5.41) is 14.4. The normalized spacial score (nSPS) is 11.9. The number of benzene rings is 1. The highest BCUT2D eigenvalue weighted by atomic mass is 35.5. The number of carbonyl (C=O) groups excluding carboxylic acids is 1. The van der Waals surface area contributed by atoms with Gasteiger partial charge in [-0.2, -0.15) is 4.73 Å². The number of pyridine rings is 1. The summed E-state index contributed by atoms with van der Waals surface area (Å²) in [6, 6.07) is 10.1. The summed E-state index contributed by atoms with van der Waals surface area (Å²) in [4.78, 5) is 12.0. The van der Waals surface area contributed by atoms with E-state index in [-0.39, 0.29) is 11.9 Å². The molecule has 0 aliphatic carbocycles. The van der Waals surface area contributed by atoms with Crippen LogP contribution >= 0.6 is 11.6 Å². The summed E-state index contributed by atoms with van der Waals surface area (Å²) in [7, 11) is 0. The molecule has 0 radical (unpaired) electrons. The Morgan fingerprint density at radius 1 is 1.32 bits per heavy atom. The first-order valence-electron chi connectivity index (χ1n) is 5.81. The van der Waals surface area contributed by atoms with Crippen molar-refractivity contribution in [3.8, 4) is 0 Å². The van der Waals surface area contributed by atoms with E-state index in [1.807, 2.05) is 25.1 Å². The van der Waals surface area contributed by atoms with Crippen molar-refractivity contribution in [2.45, 2.75) is 13.0 Å². The minimum absolute atomic E-state index is 0.161. The lowest BCUT2D eigenvalue weighted by molar-refractivity contribution is -0.605. The molecule has 0 spiro atoms. The Hall–Kier alpha value is -2.07. The molecule has 0 bridgehead atoms. The van der Waals surface area contributed by atoms with Gasteiger partial charge in [0.05, 0.1) is 11.6 Å². The Balaban J connectivity index is 2.08. The van der Waals surface area contributed by atoms with Crippen molar-refractivity contribution in [2.24, 2.45) is 0 Å². The van der Waals surface area contributed by atoms with Crippen LogP contribution in [0, 0.1) is 5.21 Å². The number of rotatable bonds is 3. The summed E-state index contributed by atoms with van der Waals surface area (Å²) in [5.41, 5.74) is 1.37. The molecule has 1 amide bonds. The molecule has 1 aromatic heterocycles. The van der Waals surface area contributed by atoms with E-state index in [2.05, 4.69) is 5.32 Å². The lowest BCUT2D eigenvalue weighted by Crippen LogP contribution is -2.29. The first-order chi connectivity index (χ1) is 9.06. The first-order valence-corrected chi connectivity index (χ1v) is 6.19. The van der Waals surface area contributed by atoms with E-state index in [9.17, 15) is 10.0 Å². The third kappa shape index (κ3) is 3.45. The zero-order valence-corrected chi connectivity index (χ0v) is 11.1. The predicted octanol–water partition coefficient (Wildman–Crippen LogP) is 2.46. The number of halogens is 1. The molecule has 0 fully saturated rings. The van der Waals surface area contributed by atoms with Gasteiger partial charge in [0.15, 0.2) is 12.4 Å². The number of hydrogen-bond acceptors (Lipinski definition) is 2. The zero-order chi connectivity index (χ0) is 13.8. The number of hydrogen-bond donors (Lipinski definition) is 1. The van der Waals surface area contributed by atoms with Crippen LogP contribution in [-0.4, -0.2) is 5.91 Å². The van der Waals surface area contributed by atoms with Gasteiger partial charge >= 0.3 is 0 Å².